The second-order valence-corrected chi connectivity index (χ2v) is 13.8. The van der Waals surface area contributed by atoms with E-state index in [1.807, 2.05) is 53.2 Å². The molecule has 5 aromatic rings. The van der Waals surface area contributed by atoms with Gasteiger partial charge in [-0.3, -0.25) is 9.88 Å². The van der Waals surface area contributed by atoms with Gasteiger partial charge in [-0.1, -0.05) is 90.8 Å². The van der Waals surface area contributed by atoms with E-state index in [1.165, 1.54) is 5.56 Å². The van der Waals surface area contributed by atoms with Crippen LogP contribution in [0.4, 0.5) is 11.4 Å². The third-order valence-corrected chi connectivity index (χ3v) is 9.42. The van der Waals surface area contributed by atoms with Crippen molar-refractivity contribution in [3.63, 3.8) is 0 Å². The molecule has 0 amide bonds. The lowest BCUT2D eigenvalue weighted by molar-refractivity contribution is 0.0866. The fourth-order valence-corrected chi connectivity index (χ4v) is 6.84. The third-order valence-electron chi connectivity index (χ3n) is 9.20. The summed E-state index contributed by atoms with van der Waals surface area (Å²) in [7, 11) is 0. The van der Waals surface area contributed by atoms with Crippen molar-refractivity contribution in [2.24, 2.45) is 0 Å². The Hall–Kier alpha value is -4.45. The largest absolute Gasteiger partial charge is 0.377 e. The monoisotopic (exact) mass is 646 g/mol. The van der Waals surface area contributed by atoms with E-state index in [0.717, 1.165) is 72.3 Å². The molecule has 2 aromatic heterocycles. The zero-order valence-corrected chi connectivity index (χ0v) is 28.4. The summed E-state index contributed by atoms with van der Waals surface area (Å²) < 4.78 is 2.04. The summed E-state index contributed by atoms with van der Waals surface area (Å²) >= 11 is 6.82. The van der Waals surface area contributed by atoms with Gasteiger partial charge in [0.05, 0.1) is 46.8 Å². The van der Waals surface area contributed by atoms with Crippen LogP contribution in [0.2, 0.25) is 5.02 Å². The Labute approximate surface area is 282 Å². The summed E-state index contributed by atoms with van der Waals surface area (Å²) in [5, 5.41) is 28.2. The molecule has 0 unspecified atom stereocenters. The van der Waals surface area contributed by atoms with Gasteiger partial charge in [0.2, 0.25) is 0 Å². The normalized spacial score (nSPS) is 15.7. The summed E-state index contributed by atoms with van der Waals surface area (Å²) in [6.07, 6.45) is 7.69. The topological polar surface area (TPSA) is 94.7 Å². The number of piperidine rings is 1. The number of nitrogens with zero attached hydrogens (tertiary/aromatic N) is 6. The predicted molar refractivity (Wildman–Crippen MR) is 191 cm³/mol. The Bertz CT molecular complexity index is 1830. The van der Waals surface area contributed by atoms with E-state index in [0.29, 0.717) is 16.6 Å². The highest BCUT2D eigenvalue weighted by Crippen LogP contribution is 2.38. The fraction of sp³-hybridized carbons (Fsp3) is 0.368. The van der Waals surface area contributed by atoms with Gasteiger partial charge in [0.1, 0.15) is 11.8 Å². The van der Waals surface area contributed by atoms with Gasteiger partial charge >= 0.3 is 0 Å². The fourth-order valence-electron chi connectivity index (χ4n) is 6.62. The number of pyridine rings is 1. The smallest absolute Gasteiger partial charge is 0.109 e. The van der Waals surface area contributed by atoms with Crippen molar-refractivity contribution in [3.8, 4) is 6.07 Å². The number of nitriles is 1. The number of fused-ring (bicyclic) bond motifs is 1. The molecule has 1 aliphatic heterocycles. The van der Waals surface area contributed by atoms with Gasteiger partial charge < -0.3 is 10.6 Å². The lowest BCUT2D eigenvalue weighted by atomic mass is 9.98. The minimum atomic E-state index is -0.299. The zero-order chi connectivity index (χ0) is 33.0. The summed E-state index contributed by atoms with van der Waals surface area (Å²) in [6.45, 7) is 11.1. The van der Waals surface area contributed by atoms with Crippen molar-refractivity contribution in [3.05, 3.63) is 113 Å². The van der Waals surface area contributed by atoms with Crippen LogP contribution in [0.25, 0.3) is 10.9 Å². The molecular formula is C38H43ClN8. The number of aromatic nitrogens is 4. The van der Waals surface area contributed by atoms with Crippen LogP contribution in [0.1, 0.15) is 93.9 Å². The maximum atomic E-state index is 10.1. The number of hydrogen-bond acceptors (Lipinski definition) is 7. The van der Waals surface area contributed by atoms with E-state index in [9.17, 15) is 5.26 Å². The number of likely N-dealkylation sites (tertiary alicyclic amines) is 1. The molecule has 1 fully saturated rings. The van der Waals surface area contributed by atoms with Crippen LogP contribution in [0.5, 0.6) is 0 Å². The zero-order valence-electron chi connectivity index (χ0n) is 27.6. The van der Waals surface area contributed by atoms with Crippen molar-refractivity contribution >= 4 is 33.9 Å². The molecule has 3 heterocycles. The Kier molecular flexibility index (Phi) is 9.76. The van der Waals surface area contributed by atoms with Gasteiger partial charge in [0.15, 0.2) is 0 Å². The number of benzene rings is 3. The van der Waals surface area contributed by atoms with E-state index in [4.69, 9.17) is 21.7 Å². The van der Waals surface area contributed by atoms with Crippen LogP contribution in [0.3, 0.4) is 0 Å². The lowest BCUT2D eigenvalue weighted by Crippen LogP contribution is -2.46. The molecule has 3 aromatic carbocycles. The van der Waals surface area contributed by atoms with Gasteiger partial charge in [-0.25, -0.2) is 4.68 Å². The highest BCUT2D eigenvalue weighted by Gasteiger charge is 2.29. The second kappa shape index (κ2) is 14.1. The molecule has 1 saturated heterocycles. The molecule has 0 bridgehead atoms. The van der Waals surface area contributed by atoms with E-state index >= 15 is 0 Å². The SMILES string of the molecule is CCC[C@@H](Nc1c(C#N)cnc2c(N[C@@H](c3ccccc3)c3cn(C4CCN(C(C)(C)C)CC4)nn3)cc(Cl)cc12)c1ccccc1. The average Bonchev–Trinajstić information content (AvgIpc) is 3.57. The molecule has 2 N–H and O–H groups in total. The van der Waals surface area contributed by atoms with Crippen LogP contribution < -0.4 is 10.6 Å². The average molecular weight is 647 g/mol. The minimum Gasteiger partial charge on any atom is -0.377 e. The summed E-state index contributed by atoms with van der Waals surface area (Å²) in [6, 6.07) is 26.8. The van der Waals surface area contributed by atoms with Crippen molar-refractivity contribution < 1.29 is 0 Å². The third kappa shape index (κ3) is 7.27. The van der Waals surface area contributed by atoms with Gasteiger partial charge in [0, 0.05) is 35.2 Å². The first-order chi connectivity index (χ1) is 22.7. The van der Waals surface area contributed by atoms with Crippen LogP contribution >= 0.6 is 11.6 Å². The Morgan fingerprint density at radius 3 is 2.30 bits per heavy atom. The molecule has 1 aliphatic rings. The predicted octanol–water partition coefficient (Wildman–Crippen LogP) is 8.94. The molecule has 8 nitrogen and oxygen atoms in total. The molecule has 9 heteroatoms. The van der Waals surface area contributed by atoms with E-state index in [-0.39, 0.29) is 17.6 Å². The molecular weight excluding hydrogens is 604 g/mol. The van der Waals surface area contributed by atoms with E-state index < -0.39 is 0 Å². The Balaban J connectivity index is 1.36. The van der Waals surface area contributed by atoms with E-state index in [1.54, 1.807) is 6.20 Å². The lowest BCUT2D eigenvalue weighted by Gasteiger charge is -2.40. The summed E-state index contributed by atoms with van der Waals surface area (Å²) in [5.74, 6) is 0. The standard InChI is InChI=1S/C38H43ClN8/c1-5-12-32(26-13-8-6-9-14-26)42-35-28(23-40)24-41-37-31(35)21-29(39)22-33(37)43-36(27-15-10-7-11-16-27)34-25-47(45-44-34)30-17-19-46(20-18-30)38(2,3)4/h6-11,13-16,21-22,24-25,30,32,36,43H,5,12,17-20H2,1-4H3,(H,41,42)/t32-,36+/m1/s1. The van der Waals surface area contributed by atoms with Crippen LogP contribution in [-0.4, -0.2) is 43.5 Å². The van der Waals surface area contributed by atoms with E-state index in [2.05, 4.69) is 85.0 Å². The molecule has 242 valence electrons. The molecule has 2 atom stereocenters. The van der Waals surface area contributed by atoms with Gasteiger partial charge in [0.25, 0.3) is 0 Å². The van der Waals surface area contributed by atoms with Gasteiger partial charge in [-0.2, -0.15) is 5.26 Å². The first-order valence-corrected chi connectivity index (χ1v) is 16.9. The maximum absolute atomic E-state index is 10.1. The highest BCUT2D eigenvalue weighted by molar-refractivity contribution is 6.32. The molecule has 0 aliphatic carbocycles. The first kappa shape index (κ1) is 32.5. The summed E-state index contributed by atoms with van der Waals surface area (Å²) in [4.78, 5) is 7.34. The molecule has 6 rings (SSSR count). The minimum absolute atomic E-state index is 0.0247. The maximum Gasteiger partial charge on any atom is 0.109 e. The highest BCUT2D eigenvalue weighted by atomic mass is 35.5. The summed E-state index contributed by atoms with van der Waals surface area (Å²) in [5.41, 5.74) is 5.89. The molecule has 0 radical (unpaired) electrons. The Morgan fingerprint density at radius 1 is 0.979 bits per heavy atom. The molecule has 47 heavy (non-hydrogen) atoms. The number of hydrogen-bond donors (Lipinski definition) is 2. The van der Waals surface area contributed by atoms with Crippen molar-refractivity contribution in [1.82, 2.24) is 24.9 Å². The quantitative estimate of drug-likeness (QED) is 0.156. The van der Waals surface area contributed by atoms with Crippen LogP contribution in [-0.2, 0) is 0 Å². The number of anilines is 2. The molecule has 0 spiro atoms. The Morgan fingerprint density at radius 2 is 1.66 bits per heavy atom. The number of halogens is 1. The van der Waals surface area contributed by atoms with Crippen LogP contribution in [0.15, 0.2) is 85.2 Å². The van der Waals surface area contributed by atoms with Gasteiger partial charge in [-0.15, -0.1) is 5.10 Å². The van der Waals surface area contributed by atoms with Crippen molar-refractivity contribution in [1.29, 1.82) is 5.26 Å². The van der Waals surface area contributed by atoms with Crippen molar-refractivity contribution in [2.75, 3.05) is 23.7 Å². The number of nitrogens with one attached hydrogen (secondary N) is 2. The van der Waals surface area contributed by atoms with Gasteiger partial charge in [-0.05, 0) is 63.3 Å². The number of rotatable bonds is 10. The van der Waals surface area contributed by atoms with Crippen LogP contribution in [0, 0.1) is 11.3 Å². The second-order valence-electron chi connectivity index (χ2n) is 13.4. The van der Waals surface area contributed by atoms with Crippen molar-refractivity contribution in [2.45, 2.75) is 77.0 Å². The first-order valence-electron chi connectivity index (χ1n) is 16.6. The molecule has 0 saturated carbocycles.